The van der Waals surface area contributed by atoms with E-state index in [9.17, 15) is 17.6 Å². The molecule has 1 aliphatic rings. The molecular weight excluding hydrogens is 333 g/mol. The summed E-state index contributed by atoms with van der Waals surface area (Å²) >= 11 is 0. The Morgan fingerprint density at radius 2 is 1.92 bits per heavy atom. The van der Waals surface area contributed by atoms with Crippen LogP contribution in [0, 0.1) is 11.7 Å². The maximum atomic E-state index is 14.6. The molecule has 2 aromatic rings. The van der Waals surface area contributed by atoms with Gasteiger partial charge in [0.25, 0.3) is 15.9 Å². The fraction of sp³-hybridized carbons (Fsp3) is 0.353. The van der Waals surface area contributed by atoms with E-state index in [1.54, 1.807) is 18.2 Å². The van der Waals surface area contributed by atoms with E-state index in [4.69, 9.17) is 4.74 Å². The normalized spacial score (nSPS) is 24.2. The van der Waals surface area contributed by atoms with Crippen LogP contribution in [0.1, 0.15) is 20.3 Å². The summed E-state index contributed by atoms with van der Waals surface area (Å²) in [4.78, 5) is 11.7. The van der Waals surface area contributed by atoms with Gasteiger partial charge in [0.2, 0.25) is 0 Å². The average Bonchev–Trinajstić information content (AvgIpc) is 2.86. The third kappa shape index (κ3) is 3.01. The van der Waals surface area contributed by atoms with Crippen LogP contribution in [0.25, 0.3) is 10.8 Å². The molecule has 1 aliphatic heterocycles. The maximum absolute atomic E-state index is 14.6. The minimum atomic E-state index is -4.31. The fourth-order valence-corrected chi connectivity index (χ4v) is 4.16. The fourth-order valence-electron chi connectivity index (χ4n) is 3.07. The van der Waals surface area contributed by atoms with Gasteiger partial charge in [0.05, 0.1) is 6.10 Å². The molecular formula is C17H18FNO4S. The third-order valence-electron chi connectivity index (χ3n) is 4.21. The van der Waals surface area contributed by atoms with Crippen molar-refractivity contribution in [3.63, 3.8) is 0 Å². The van der Waals surface area contributed by atoms with Gasteiger partial charge in [-0.25, -0.2) is 17.5 Å². The zero-order valence-corrected chi connectivity index (χ0v) is 14.1. The molecule has 1 N–H and O–H groups in total. The van der Waals surface area contributed by atoms with E-state index in [2.05, 4.69) is 0 Å². The summed E-state index contributed by atoms with van der Waals surface area (Å²) in [6, 6.07) is 9.20. The van der Waals surface area contributed by atoms with Crippen LogP contribution in [-0.2, 0) is 19.6 Å². The Balaban J connectivity index is 1.91. The number of fused-ring (bicyclic) bond motifs is 1. The Morgan fingerprint density at radius 3 is 2.58 bits per heavy atom. The smallest absolute Gasteiger partial charge is 0.267 e. The van der Waals surface area contributed by atoms with Crippen molar-refractivity contribution in [3.05, 3.63) is 42.2 Å². The lowest BCUT2D eigenvalue weighted by molar-refractivity contribution is -0.131. The molecule has 1 saturated heterocycles. The predicted molar refractivity (Wildman–Crippen MR) is 87.4 cm³/mol. The molecule has 24 heavy (non-hydrogen) atoms. The summed E-state index contributed by atoms with van der Waals surface area (Å²) in [5, 5.41) is 0.772. The lowest BCUT2D eigenvalue weighted by atomic mass is 10.0. The van der Waals surface area contributed by atoms with Gasteiger partial charge >= 0.3 is 0 Å². The average molecular weight is 351 g/mol. The highest BCUT2D eigenvalue weighted by Crippen LogP contribution is 2.27. The van der Waals surface area contributed by atoms with Gasteiger partial charge < -0.3 is 4.74 Å². The number of nitrogens with one attached hydrogen (secondary N) is 1. The number of benzene rings is 2. The van der Waals surface area contributed by atoms with E-state index in [1.807, 2.05) is 18.6 Å². The molecule has 2 aromatic carbocycles. The first-order chi connectivity index (χ1) is 11.3. The van der Waals surface area contributed by atoms with Crippen molar-refractivity contribution >= 4 is 26.7 Å². The third-order valence-corrected chi connectivity index (χ3v) is 5.57. The maximum Gasteiger partial charge on any atom is 0.267 e. The molecule has 1 heterocycles. The summed E-state index contributed by atoms with van der Waals surface area (Å²) in [6.45, 7) is 3.64. The first kappa shape index (κ1) is 16.9. The number of ether oxygens (including phenoxy) is 1. The molecule has 0 aliphatic carbocycles. The molecule has 3 atom stereocenters. The number of carbonyl (C=O) groups excluding carboxylic acids is 1. The highest BCUT2D eigenvalue weighted by molar-refractivity contribution is 7.90. The van der Waals surface area contributed by atoms with E-state index in [0.717, 1.165) is 6.07 Å². The number of rotatable bonds is 3. The summed E-state index contributed by atoms with van der Waals surface area (Å²) < 4.78 is 46.8. The molecule has 0 saturated carbocycles. The summed E-state index contributed by atoms with van der Waals surface area (Å²) in [5.41, 5.74) is 0. The lowest BCUT2D eigenvalue weighted by Gasteiger charge is -2.15. The Bertz CT molecular complexity index is 897. The van der Waals surface area contributed by atoms with E-state index in [0.29, 0.717) is 11.8 Å². The molecule has 0 bridgehead atoms. The first-order valence-corrected chi connectivity index (χ1v) is 9.17. The highest BCUT2D eigenvalue weighted by Gasteiger charge is 2.37. The number of halogens is 1. The van der Waals surface area contributed by atoms with Crippen LogP contribution in [0.3, 0.4) is 0 Å². The summed E-state index contributed by atoms with van der Waals surface area (Å²) in [5.74, 6) is -1.74. The number of carbonyl (C=O) groups is 1. The largest absolute Gasteiger partial charge is 0.365 e. The standard InChI is InChI=1S/C17H18FNO4S/c1-10-9-11(2)23-16(10)17(20)19-24(21,22)14-8-7-12-5-3-4-6-13(12)15(14)18/h3-8,10-11,16H,9H2,1-2H3,(H,19,20). The van der Waals surface area contributed by atoms with Crippen molar-refractivity contribution in [3.8, 4) is 0 Å². The molecule has 0 radical (unpaired) electrons. The van der Waals surface area contributed by atoms with Crippen LogP contribution in [0.5, 0.6) is 0 Å². The highest BCUT2D eigenvalue weighted by atomic mass is 32.2. The van der Waals surface area contributed by atoms with Gasteiger partial charge in [-0.3, -0.25) is 4.79 Å². The second-order valence-electron chi connectivity index (χ2n) is 6.15. The van der Waals surface area contributed by atoms with Crippen LogP contribution in [0.15, 0.2) is 41.3 Å². The van der Waals surface area contributed by atoms with Crippen molar-refractivity contribution in [1.82, 2.24) is 4.72 Å². The van der Waals surface area contributed by atoms with Crippen molar-refractivity contribution in [2.24, 2.45) is 5.92 Å². The molecule has 0 aromatic heterocycles. The zero-order chi connectivity index (χ0) is 17.5. The Kier molecular flexibility index (Phi) is 4.31. The minimum absolute atomic E-state index is 0.100. The number of hydrogen-bond donors (Lipinski definition) is 1. The van der Waals surface area contributed by atoms with Crippen molar-refractivity contribution in [2.75, 3.05) is 0 Å². The quantitative estimate of drug-likeness (QED) is 0.923. The summed E-state index contributed by atoms with van der Waals surface area (Å²) in [7, 11) is -4.31. The summed E-state index contributed by atoms with van der Waals surface area (Å²) in [6.07, 6.45) is -0.295. The van der Waals surface area contributed by atoms with Crippen molar-refractivity contribution < 1.29 is 22.3 Å². The molecule has 1 amide bonds. The topological polar surface area (TPSA) is 72.5 Å². The lowest BCUT2D eigenvalue weighted by Crippen LogP contribution is -2.41. The zero-order valence-electron chi connectivity index (χ0n) is 13.3. The Hall–Kier alpha value is -1.99. The van der Waals surface area contributed by atoms with Crippen LogP contribution < -0.4 is 4.72 Å². The molecule has 7 heteroatoms. The van der Waals surface area contributed by atoms with Gasteiger partial charge in [0.1, 0.15) is 11.0 Å². The van der Waals surface area contributed by atoms with E-state index in [-0.39, 0.29) is 17.4 Å². The second kappa shape index (κ2) is 6.14. The van der Waals surface area contributed by atoms with Crippen molar-refractivity contribution in [2.45, 2.75) is 37.4 Å². The van der Waals surface area contributed by atoms with Crippen LogP contribution >= 0.6 is 0 Å². The SMILES string of the molecule is CC1CC(C)C(C(=O)NS(=O)(=O)c2ccc3ccccc3c2F)O1. The molecule has 3 unspecified atom stereocenters. The molecule has 0 spiro atoms. The molecule has 5 nitrogen and oxygen atoms in total. The number of amides is 1. The monoisotopic (exact) mass is 351 g/mol. The Morgan fingerprint density at radius 1 is 1.21 bits per heavy atom. The first-order valence-electron chi connectivity index (χ1n) is 7.69. The van der Waals surface area contributed by atoms with Gasteiger partial charge in [-0.15, -0.1) is 0 Å². The van der Waals surface area contributed by atoms with E-state index >= 15 is 0 Å². The minimum Gasteiger partial charge on any atom is -0.365 e. The van der Waals surface area contributed by atoms with Gasteiger partial charge in [0, 0.05) is 5.39 Å². The number of hydrogen-bond acceptors (Lipinski definition) is 4. The van der Waals surface area contributed by atoms with E-state index in [1.165, 1.54) is 12.1 Å². The van der Waals surface area contributed by atoms with Gasteiger partial charge in [-0.1, -0.05) is 37.3 Å². The number of sulfonamides is 1. The molecule has 1 fully saturated rings. The molecule has 3 rings (SSSR count). The van der Waals surface area contributed by atoms with Crippen molar-refractivity contribution in [1.29, 1.82) is 0 Å². The van der Waals surface area contributed by atoms with Crippen LogP contribution in [0.2, 0.25) is 0 Å². The van der Waals surface area contributed by atoms with Gasteiger partial charge in [-0.05, 0) is 30.7 Å². The van der Waals surface area contributed by atoms with Gasteiger partial charge in [-0.2, -0.15) is 0 Å². The van der Waals surface area contributed by atoms with E-state index < -0.39 is 32.7 Å². The Labute approximate surface area is 139 Å². The van der Waals surface area contributed by atoms with Crippen LogP contribution in [-0.4, -0.2) is 26.5 Å². The predicted octanol–water partition coefficient (Wildman–Crippen LogP) is 2.60. The second-order valence-corrected chi connectivity index (χ2v) is 7.80. The van der Waals surface area contributed by atoms with Crippen LogP contribution in [0.4, 0.5) is 4.39 Å². The van der Waals surface area contributed by atoms with Gasteiger partial charge in [0.15, 0.2) is 5.82 Å². The molecule has 128 valence electrons.